The molecular weight excluding hydrogens is 244 g/mol. The van der Waals surface area contributed by atoms with Gasteiger partial charge >= 0.3 is 0 Å². The molecule has 1 unspecified atom stereocenters. The molecule has 5 nitrogen and oxygen atoms in total. The Morgan fingerprint density at radius 2 is 2.11 bits per heavy atom. The first-order valence-corrected chi connectivity index (χ1v) is 7.25. The van der Waals surface area contributed by atoms with Crippen LogP contribution >= 0.6 is 0 Å². The fourth-order valence-electron chi connectivity index (χ4n) is 3.40. The van der Waals surface area contributed by atoms with Crippen molar-refractivity contribution in [2.24, 2.45) is 0 Å². The minimum atomic E-state index is -0.538. The number of methoxy groups -OCH3 is 1. The van der Waals surface area contributed by atoms with E-state index in [4.69, 9.17) is 4.74 Å². The van der Waals surface area contributed by atoms with Gasteiger partial charge in [0.05, 0.1) is 12.2 Å². The van der Waals surface area contributed by atoms with Gasteiger partial charge in [-0.15, -0.1) is 0 Å². The summed E-state index contributed by atoms with van der Waals surface area (Å²) in [6.07, 6.45) is 5.52. The normalized spacial score (nSPS) is 30.1. The first kappa shape index (κ1) is 14.8. The Hall–Kier alpha value is -0.650. The fraction of sp³-hybridized carbons (Fsp3) is 0.929. The van der Waals surface area contributed by atoms with Crippen molar-refractivity contribution in [2.45, 2.75) is 49.7 Å². The van der Waals surface area contributed by atoms with Crippen molar-refractivity contribution < 1.29 is 14.6 Å². The van der Waals surface area contributed by atoms with E-state index in [-0.39, 0.29) is 5.91 Å². The fourth-order valence-corrected chi connectivity index (χ4v) is 3.40. The summed E-state index contributed by atoms with van der Waals surface area (Å²) in [7, 11) is 3.32. The van der Waals surface area contributed by atoms with Crippen molar-refractivity contribution in [1.82, 2.24) is 10.2 Å². The Morgan fingerprint density at radius 1 is 1.37 bits per heavy atom. The third-order valence-corrected chi connectivity index (χ3v) is 4.79. The molecule has 2 fully saturated rings. The number of amides is 1. The second-order valence-electron chi connectivity index (χ2n) is 5.96. The van der Waals surface area contributed by atoms with E-state index in [2.05, 4.69) is 10.2 Å². The molecule has 0 spiro atoms. The van der Waals surface area contributed by atoms with Gasteiger partial charge in [0, 0.05) is 20.7 Å². The number of carbonyl (C=O) groups excluding carboxylic acids is 1. The SMILES string of the molecule is CNC(=O)C1(COC)CCCN1CCC1(O)CCC1. The summed E-state index contributed by atoms with van der Waals surface area (Å²) in [6, 6.07) is 0. The largest absolute Gasteiger partial charge is 0.390 e. The lowest BCUT2D eigenvalue weighted by Crippen LogP contribution is -2.58. The van der Waals surface area contributed by atoms with Gasteiger partial charge in [-0.05, 0) is 45.1 Å². The van der Waals surface area contributed by atoms with Crippen LogP contribution in [0, 0.1) is 0 Å². The van der Waals surface area contributed by atoms with Crippen molar-refractivity contribution in [2.75, 3.05) is 33.9 Å². The Kier molecular flexibility index (Phi) is 4.48. The third-order valence-electron chi connectivity index (χ3n) is 4.79. The average Bonchev–Trinajstić information content (AvgIpc) is 2.77. The molecule has 0 radical (unpaired) electrons. The molecule has 0 bridgehead atoms. The van der Waals surface area contributed by atoms with Crippen LogP contribution in [0.25, 0.3) is 0 Å². The summed E-state index contributed by atoms with van der Waals surface area (Å²) in [5.74, 6) is 0.0347. The monoisotopic (exact) mass is 270 g/mol. The number of ether oxygens (including phenoxy) is 1. The molecule has 2 aliphatic rings. The van der Waals surface area contributed by atoms with Crippen molar-refractivity contribution in [3.05, 3.63) is 0 Å². The van der Waals surface area contributed by atoms with Gasteiger partial charge < -0.3 is 15.2 Å². The highest BCUT2D eigenvalue weighted by molar-refractivity contribution is 5.86. The molecule has 110 valence electrons. The van der Waals surface area contributed by atoms with Crippen LogP contribution in [0.15, 0.2) is 0 Å². The van der Waals surface area contributed by atoms with E-state index in [0.717, 1.165) is 51.6 Å². The van der Waals surface area contributed by atoms with Crippen molar-refractivity contribution in [3.8, 4) is 0 Å². The van der Waals surface area contributed by atoms with Gasteiger partial charge in [-0.1, -0.05) is 0 Å². The topological polar surface area (TPSA) is 61.8 Å². The van der Waals surface area contributed by atoms with E-state index in [0.29, 0.717) is 6.61 Å². The maximum atomic E-state index is 12.2. The number of hydrogen-bond donors (Lipinski definition) is 2. The number of rotatable bonds is 6. The lowest BCUT2D eigenvalue weighted by molar-refractivity contribution is -0.136. The van der Waals surface area contributed by atoms with Gasteiger partial charge in [0.25, 0.3) is 0 Å². The maximum Gasteiger partial charge on any atom is 0.242 e. The van der Waals surface area contributed by atoms with Crippen LogP contribution in [0.1, 0.15) is 38.5 Å². The summed E-state index contributed by atoms with van der Waals surface area (Å²) in [5, 5.41) is 13.0. The molecule has 1 aliphatic carbocycles. The summed E-state index contributed by atoms with van der Waals surface area (Å²) >= 11 is 0. The number of likely N-dealkylation sites (N-methyl/N-ethyl adjacent to an activating group) is 1. The number of likely N-dealkylation sites (tertiary alicyclic amines) is 1. The van der Waals surface area contributed by atoms with Gasteiger partial charge in [-0.2, -0.15) is 0 Å². The highest BCUT2D eigenvalue weighted by Crippen LogP contribution is 2.37. The standard InChI is InChI=1S/C14H26N2O3/c1-15-12(17)14(11-19-2)7-4-9-16(14)10-8-13(18)5-3-6-13/h18H,3-11H2,1-2H3,(H,15,17). The molecule has 1 saturated carbocycles. The number of carbonyl (C=O) groups is 1. The van der Waals surface area contributed by atoms with Gasteiger partial charge in [-0.25, -0.2) is 0 Å². The number of nitrogens with one attached hydrogen (secondary N) is 1. The van der Waals surface area contributed by atoms with Crippen molar-refractivity contribution in [3.63, 3.8) is 0 Å². The minimum Gasteiger partial charge on any atom is -0.390 e. The molecule has 19 heavy (non-hydrogen) atoms. The summed E-state index contributed by atoms with van der Waals surface area (Å²) in [6.45, 7) is 2.10. The van der Waals surface area contributed by atoms with Crippen LogP contribution in [-0.2, 0) is 9.53 Å². The first-order chi connectivity index (χ1) is 9.06. The van der Waals surface area contributed by atoms with E-state index in [9.17, 15) is 9.90 Å². The van der Waals surface area contributed by atoms with Gasteiger partial charge in [-0.3, -0.25) is 9.69 Å². The van der Waals surface area contributed by atoms with Crippen LogP contribution in [0.3, 0.4) is 0 Å². The lowest BCUT2D eigenvalue weighted by atomic mass is 9.77. The molecule has 5 heteroatoms. The van der Waals surface area contributed by atoms with Gasteiger partial charge in [0.15, 0.2) is 0 Å². The van der Waals surface area contributed by atoms with E-state index < -0.39 is 11.1 Å². The summed E-state index contributed by atoms with van der Waals surface area (Å²) in [4.78, 5) is 14.4. The second kappa shape index (κ2) is 5.77. The predicted molar refractivity (Wildman–Crippen MR) is 72.9 cm³/mol. The molecule has 1 aliphatic heterocycles. The third kappa shape index (κ3) is 2.78. The molecule has 2 rings (SSSR count). The molecule has 1 saturated heterocycles. The summed E-state index contributed by atoms with van der Waals surface area (Å²) < 4.78 is 5.29. The molecule has 1 atom stereocenters. The highest BCUT2D eigenvalue weighted by Gasteiger charge is 2.47. The average molecular weight is 270 g/mol. The van der Waals surface area contributed by atoms with Crippen LogP contribution in [0.5, 0.6) is 0 Å². The zero-order chi connectivity index (χ0) is 13.9. The smallest absolute Gasteiger partial charge is 0.242 e. The van der Waals surface area contributed by atoms with E-state index in [1.165, 1.54) is 0 Å². The van der Waals surface area contributed by atoms with Gasteiger partial charge in [0.2, 0.25) is 5.91 Å². The molecule has 0 aromatic heterocycles. The Bertz CT molecular complexity index is 331. The molecule has 1 heterocycles. The molecule has 1 amide bonds. The quantitative estimate of drug-likeness (QED) is 0.738. The lowest BCUT2D eigenvalue weighted by Gasteiger charge is -2.41. The maximum absolute atomic E-state index is 12.2. The van der Waals surface area contributed by atoms with E-state index >= 15 is 0 Å². The molecular formula is C14H26N2O3. The van der Waals surface area contributed by atoms with Crippen molar-refractivity contribution in [1.29, 1.82) is 0 Å². The van der Waals surface area contributed by atoms with E-state index in [1.807, 2.05) is 0 Å². The highest BCUT2D eigenvalue weighted by atomic mass is 16.5. The number of nitrogens with zero attached hydrogens (tertiary/aromatic N) is 1. The van der Waals surface area contributed by atoms with Crippen molar-refractivity contribution >= 4 is 5.91 Å². The van der Waals surface area contributed by atoms with Crippen LogP contribution in [0.2, 0.25) is 0 Å². The predicted octanol–water partition coefficient (Wildman–Crippen LogP) is 0.518. The molecule has 2 N–H and O–H groups in total. The number of hydrogen-bond acceptors (Lipinski definition) is 4. The van der Waals surface area contributed by atoms with Crippen LogP contribution in [-0.4, -0.2) is 60.9 Å². The second-order valence-corrected chi connectivity index (χ2v) is 5.96. The van der Waals surface area contributed by atoms with Gasteiger partial charge in [0.1, 0.15) is 5.54 Å². The Labute approximate surface area is 115 Å². The molecule has 0 aromatic rings. The van der Waals surface area contributed by atoms with Crippen LogP contribution < -0.4 is 5.32 Å². The Morgan fingerprint density at radius 3 is 2.63 bits per heavy atom. The number of aliphatic hydroxyl groups is 1. The first-order valence-electron chi connectivity index (χ1n) is 7.25. The zero-order valence-electron chi connectivity index (χ0n) is 12.1. The molecule has 0 aromatic carbocycles. The zero-order valence-corrected chi connectivity index (χ0v) is 12.1. The van der Waals surface area contributed by atoms with E-state index in [1.54, 1.807) is 14.2 Å². The minimum absolute atomic E-state index is 0.0347. The summed E-state index contributed by atoms with van der Waals surface area (Å²) in [5.41, 5.74) is -1.02. The van der Waals surface area contributed by atoms with Crippen LogP contribution in [0.4, 0.5) is 0 Å². The Balaban J connectivity index is 2.01.